The smallest absolute Gasteiger partial charge is 0.157 e. The first kappa shape index (κ1) is 10.3. The average Bonchev–Trinajstić information content (AvgIpc) is 2.45. The predicted molar refractivity (Wildman–Crippen MR) is 51.4 cm³/mol. The lowest BCUT2D eigenvalue weighted by atomic mass is 10.3. The van der Waals surface area contributed by atoms with Gasteiger partial charge in [0.2, 0.25) is 0 Å². The lowest BCUT2D eigenvalue weighted by Crippen LogP contribution is -2.20. The fourth-order valence-corrected chi connectivity index (χ4v) is 1.24. The number of hydrogen-bond donors (Lipinski definition) is 1. The van der Waals surface area contributed by atoms with Crippen molar-refractivity contribution in [2.45, 2.75) is 32.8 Å². The highest BCUT2D eigenvalue weighted by Crippen LogP contribution is 2.10. The van der Waals surface area contributed by atoms with E-state index in [0.717, 1.165) is 18.7 Å². The van der Waals surface area contributed by atoms with Crippen LogP contribution >= 0.6 is 0 Å². The van der Waals surface area contributed by atoms with Gasteiger partial charge in [-0.2, -0.15) is 0 Å². The second-order valence-electron chi connectivity index (χ2n) is 3.48. The van der Waals surface area contributed by atoms with Crippen molar-refractivity contribution < 1.29 is 9.53 Å². The summed E-state index contributed by atoms with van der Waals surface area (Å²) in [5.41, 5.74) is 1.05. The average molecular weight is 183 g/mol. The van der Waals surface area contributed by atoms with Gasteiger partial charge < -0.3 is 10.1 Å². The van der Waals surface area contributed by atoms with Crippen LogP contribution in [0.1, 0.15) is 26.7 Å². The van der Waals surface area contributed by atoms with Gasteiger partial charge in [-0.25, -0.2) is 0 Å². The van der Waals surface area contributed by atoms with Crippen LogP contribution in [0.15, 0.2) is 11.8 Å². The fourth-order valence-electron chi connectivity index (χ4n) is 1.24. The van der Waals surface area contributed by atoms with E-state index < -0.39 is 0 Å². The Morgan fingerprint density at radius 2 is 2.31 bits per heavy atom. The summed E-state index contributed by atoms with van der Waals surface area (Å²) in [6, 6.07) is 0. The number of carbonyl (C=O) groups is 1. The molecule has 0 aromatic heterocycles. The maximum Gasteiger partial charge on any atom is 0.157 e. The van der Waals surface area contributed by atoms with Gasteiger partial charge in [-0.3, -0.25) is 4.79 Å². The first-order valence-electron chi connectivity index (χ1n) is 4.77. The predicted octanol–water partition coefficient (Wildman–Crippen LogP) is 1.25. The summed E-state index contributed by atoms with van der Waals surface area (Å²) in [7, 11) is 0. The van der Waals surface area contributed by atoms with Gasteiger partial charge in [-0.15, -0.1) is 0 Å². The molecule has 0 radical (unpaired) electrons. The Morgan fingerprint density at radius 1 is 1.54 bits per heavy atom. The molecule has 74 valence electrons. The molecular weight excluding hydrogens is 166 g/mol. The number of ether oxygens (including phenoxy) is 1. The van der Waals surface area contributed by atoms with Crippen molar-refractivity contribution in [1.29, 1.82) is 0 Å². The second-order valence-corrected chi connectivity index (χ2v) is 3.48. The molecule has 0 atom stereocenters. The molecule has 3 nitrogen and oxygen atoms in total. The molecule has 1 aliphatic rings. The van der Waals surface area contributed by atoms with E-state index in [9.17, 15) is 4.79 Å². The van der Waals surface area contributed by atoms with E-state index in [2.05, 4.69) is 5.32 Å². The molecule has 0 saturated carbocycles. The minimum absolute atomic E-state index is 0.229. The standard InChI is InChI=1S/C10H17NO2/c1-8(2)13-6-5-11-9-3-4-10(12)7-9/h7-8,11H,3-6H2,1-2H3. The van der Waals surface area contributed by atoms with Crippen LogP contribution in [0.3, 0.4) is 0 Å². The van der Waals surface area contributed by atoms with Gasteiger partial charge in [0, 0.05) is 24.7 Å². The van der Waals surface area contributed by atoms with Crippen LogP contribution in [0, 0.1) is 0 Å². The minimum Gasteiger partial charge on any atom is -0.386 e. The highest BCUT2D eigenvalue weighted by atomic mass is 16.5. The van der Waals surface area contributed by atoms with Gasteiger partial charge in [0.25, 0.3) is 0 Å². The Hall–Kier alpha value is -0.830. The summed E-state index contributed by atoms with van der Waals surface area (Å²) in [4.78, 5) is 10.8. The van der Waals surface area contributed by atoms with Crippen LogP contribution in [-0.2, 0) is 9.53 Å². The zero-order chi connectivity index (χ0) is 9.68. The zero-order valence-electron chi connectivity index (χ0n) is 8.30. The van der Waals surface area contributed by atoms with E-state index in [1.807, 2.05) is 13.8 Å². The van der Waals surface area contributed by atoms with Gasteiger partial charge in [0.05, 0.1) is 12.7 Å². The lowest BCUT2D eigenvalue weighted by Gasteiger charge is -2.09. The summed E-state index contributed by atoms with van der Waals surface area (Å²) in [6.45, 7) is 5.51. The summed E-state index contributed by atoms with van der Waals surface area (Å²) in [5.74, 6) is 0.229. The molecule has 1 rings (SSSR count). The van der Waals surface area contributed by atoms with Crippen molar-refractivity contribution in [2.24, 2.45) is 0 Å². The second kappa shape index (κ2) is 5.02. The summed E-state index contributed by atoms with van der Waals surface area (Å²) in [6.07, 6.45) is 3.49. The van der Waals surface area contributed by atoms with Crippen molar-refractivity contribution in [3.63, 3.8) is 0 Å². The molecule has 0 aromatic rings. The monoisotopic (exact) mass is 183 g/mol. The maximum atomic E-state index is 10.8. The number of allylic oxidation sites excluding steroid dienone is 2. The molecule has 0 amide bonds. The molecule has 0 heterocycles. The molecule has 0 fully saturated rings. The van der Waals surface area contributed by atoms with Gasteiger partial charge in [-0.05, 0) is 20.3 Å². The van der Waals surface area contributed by atoms with Gasteiger partial charge in [0.15, 0.2) is 5.78 Å². The van der Waals surface area contributed by atoms with E-state index >= 15 is 0 Å². The molecule has 13 heavy (non-hydrogen) atoms. The van der Waals surface area contributed by atoms with Crippen molar-refractivity contribution in [3.05, 3.63) is 11.8 Å². The third-order valence-electron chi connectivity index (χ3n) is 1.88. The van der Waals surface area contributed by atoms with Gasteiger partial charge >= 0.3 is 0 Å². The Morgan fingerprint density at radius 3 is 2.85 bits per heavy atom. The number of ketones is 1. The molecule has 1 N–H and O–H groups in total. The third-order valence-corrected chi connectivity index (χ3v) is 1.88. The normalized spacial score (nSPS) is 16.5. The first-order chi connectivity index (χ1) is 6.18. The van der Waals surface area contributed by atoms with E-state index in [0.29, 0.717) is 13.0 Å². The first-order valence-corrected chi connectivity index (χ1v) is 4.77. The highest BCUT2D eigenvalue weighted by molar-refractivity contribution is 5.92. The lowest BCUT2D eigenvalue weighted by molar-refractivity contribution is -0.114. The van der Waals surface area contributed by atoms with Crippen molar-refractivity contribution in [2.75, 3.05) is 13.2 Å². The number of nitrogens with one attached hydrogen (secondary N) is 1. The van der Waals surface area contributed by atoms with Crippen LogP contribution in [0.25, 0.3) is 0 Å². The SMILES string of the molecule is CC(C)OCCNC1=CC(=O)CC1. The number of hydrogen-bond acceptors (Lipinski definition) is 3. The van der Waals surface area contributed by atoms with Crippen molar-refractivity contribution >= 4 is 5.78 Å². The topological polar surface area (TPSA) is 38.3 Å². The van der Waals surface area contributed by atoms with E-state index in [4.69, 9.17) is 4.74 Å². The summed E-state index contributed by atoms with van der Waals surface area (Å²) < 4.78 is 5.35. The van der Waals surface area contributed by atoms with Crippen LogP contribution in [0.2, 0.25) is 0 Å². The third kappa shape index (κ3) is 4.08. The van der Waals surface area contributed by atoms with Crippen LogP contribution in [-0.4, -0.2) is 25.0 Å². The minimum atomic E-state index is 0.229. The molecule has 0 aromatic carbocycles. The molecule has 0 spiro atoms. The fraction of sp³-hybridized carbons (Fsp3) is 0.700. The molecule has 0 aliphatic heterocycles. The molecule has 0 unspecified atom stereocenters. The Bertz CT molecular complexity index is 209. The quantitative estimate of drug-likeness (QED) is 0.652. The van der Waals surface area contributed by atoms with Crippen LogP contribution < -0.4 is 5.32 Å². The van der Waals surface area contributed by atoms with Gasteiger partial charge in [-0.1, -0.05) is 0 Å². The van der Waals surface area contributed by atoms with Crippen LogP contribution in [0.5, 0.6) is 0 Å². The maximum absolute atomic E-state index is 10.8. The van der Waals surface area contributed by atoms with E-state index in [1.165, 1.54) is 0 Å². The van der Waals surface area contributed by atoms with Crippen molar-refractivity contribution in [3.8, 4) is 0 Å². The van der Waals surface area contributed by atoms with E-state index in [1.54, 1.807) is 6.08 Å². The Labute approximate surface area is 79.2 Å². The van der Waals surface area contributed by atoms with Crippen LogP contribution in [0.4, 0.5) is 0 Å². The molecule has 0 saturated heterocycles. The Kier molecular flexibility index (Phi) is 3.96. The Balaban J connectivity index is 2.06. The summed E-state index contributed by atoms with van der Waals surface area (Å²) in [5, 5.41) is 3.18. The molecule has 3 heteroatoms. The van der Waals surface area contributed by atoms with Gasteiger partial charge in [0.1, 0.15) is 0 Å². The molecular formula is C10H17NO2. The van der Waals surface area contributed by atoms with Crippen molar-refractivity contribution in [1.82, 2.24) is 5.32 Å². The largest absolute Gasteiger partial charge is 0.386 e. The van der Waals surface area contributed by atoms with E-state index in [-0.39, 0.29) is 11.9 Å². The number of rotatable bonds is 5. The zero-order valence-corrected chi connectivity index (χ0v) is 8.30. The molecule has 0 bridgehead atoms. The highest BCUT2D eigenvalue weighted by Gasteiger charge is 2.10. The number of carbonyl (C=O) groups excluding carboxylic acids is 1. The summed E-state index contributed by atoms with van der Waals surface area (Å²) >= 11 is 0. The molecule has 1 aliphatic carbocycles.